The van der Waals surface area contributed by atoms with Gasteiger partial charge in [0.1, 0.15) is 5.82 Å². The molecule has 1 amide bonds. The summed E-state index contributed by atoms with van der Waals surface area (Å²) in [6.07, 6.45) is 3.65. The number of nitrogen functional groups attached to an aromatic ring is 1. The molecule has 0 aromatic carbocycles. The van der Waals surface area contributed by atoms with E-state index in [2.05, 4.69) is 11.9 Å². The molecule has 1 rings (SSSR count). The second-order valence-corrected chi connectivity index (χ2v) is 3.52. The predicted molar refractivity (Wildman–Crippen MR) is 60.5 cm³/mol. The summed E-state index contributed by atoms with van der Waals surface area (Å²) in [5, 5.41) is 0. The zero-order valence-electron chi connectivity index (χ0n) is 9.23. The lowest BCUT2D eigenvalue weighted by Crippen LogP contribution is -2.28. The summed E-state index contributed by atoms with van der Waals surface area (Å²) in [6.45, 7) is 2.85. The molecule has 4 heteroatoms. The van der Waals surface area contributed by atoms with E-state index in [0.29, 0.717) is 11.4 Å². The molecular weight excluding hydrogens is 190 g/mol. The van der Waals surface area contributed by atoms with Crippen molar-refractivity contribution >= 4 is 11.7 Å². The molecule has 0 saturated carbocycles. The van der Waals surface area contributed by atoms with E-state index in [0.717, 1.165) is 19.4 Å². The van der Waals surface area contributed by atoms with E-state index in [1.807, 2.05) is 0 Å². The van der Waals surface area contributed by atoms with Crippen LogP contribution in [-0.2, 0) is 0 Å². The molecule has 0 saturated heterocycles. The van der Waals surface area contributed by atoms with Crippen LogP contribution in [0.5, 0.6) is 0 Å². The zero-order valence-corrected chi connectivity index (χ0v) is 9.23. The maximum absolute atomic E-state index is 11.9. The third-order valence-corrected chi connectivity index (χ3v) is 2.26. The Hall–Kier alpha value is -1.58. The van der Waals surface area contributed by atoms with Crippen molar-refractivity contribution in [1.82, 2.24) is 9.88 Å². The number of rotatable bonds is 4. The molecule has 0 bridgehead atoms. The van der Waals surface area contributed by atoms with Gasteiger partial charge >= 0.3 is 0 Å². The number of hydrogen-bond donors (Lipinski definition) is 1. The highest BCUT2D eigenvalue weighted by molar-refractivity contribution is 5.98. The monoisotopic (exact) mass is 207 g/mol. The van der Waals surface area contributed by atoms with E-state index in [-0.39, 0.29) is 5.91 Å². The fraction of sp³-hybridized carbons (Fsp3) is 0.455. The first-order valence-electron chi connectivity index (χ1n) is 5.12. The smallest absolute Gasteiger partial charge is 0.257 e. The van der Waals surface area contributed by atoms with E-state index >= 15 is 0 Å². The van der Waals surface area contributed by atoms with E-state index in [1.54, 1.807) is 30.3 Å². The molecule has 0 aliphatic carbocycles. The van der Waals surface area contributed by atoms with E-state index < -0.39 is 0 Å². The van der Waals surface area contributed by atoms with Gasteiger partial charge in [0.15, 0.2) is 0 Å². The molecule has 2 N–H and O–H groups in total. The highest BCUT2D eigenvalue weighted by Gasteiger charge is 2.13. The second kappa shape index (κ2) is 5.34. The average Bonchev–Trinajstić information content (AvgIpc) is 2.25. The lowest BCUT2D eigenvalue weighted by molar-refractivity contribution is 0.0794. The molecular formula is C11H17N3O. The van der Waals surface area contributed by atoms with Crippen LogP contribution in [0.15, 0.2) is 18.3 Å². The highest BCUT2D eigenvalue weighted by atomic mass is 16.2. The SMILES string of the molecule is CCCCN(C)C(=O)c1cccnc1N. The van der Waals surface area contributed by atoms with Crippen molar-refractivity contribution in [3.8, 4) is 0 Å². The molecule has 0 aliphatic rings. The molecule has 15 heavy (non-hydrogen) atoms. The van der Waals surface area contributed by atoms with Gasteiger partial charge in [0, 0.05) is 19.8 Å². The molecule has 0 radical (unpaired) electrons. The Morgan fingerprint density at radius 3 is 2.93 bits per heavy atom. The van der Waals surface area contributed by atoms with Gasteiger partial charge in [-0.2, -0.15) is 0 Å². The van der Waals surface area contributed by atoms with Gasteiger partial charge in [-0.1, -0.05) is 13.3 Å². The van der Waals surface area contributed by atoms with Crippen molar-refractivity contribution in [1.29, 1.82) is 0 Å². The van der Waals surface area contributed by atoms with Crippen LogP contribution in [-0.4, -0.2) is 29.4 Å². The van der Waals surface area contributed by atoms with E-state index in [1.165, 1.54) is 0 Å². The summed E-state index contributed by atoms with van der Waals surface area (Å²) >= 11 is 0. The molecule has 1 heterocycles. The number of unbranched alkanes of at least 4 members (excludes halogenated alkanes) is 1. The van der Waals surface area contributed by atoms with Gasteiger partial charge in [-0.3, -0.25) is 4.79 Å². The Balaban J connectivity index is 2.72. The van der Waals surface area contributed by atoms with Crippen LogP contribution in [0.4, 0.5) is 5.82 Å². The lowest BCUT2D eigenvalue weighted by atomic mass is 10.2. The molecule has 0 unspecified atom stereocenters. The average molecular weight is 207 g/mol. The summed E-state index contributed by atoms with van der Waals surface area (Å²) in [5.41, 5.74) is 6.11. The number of hydrogen-bond acceptors (Lipinski definition) is 3. The summed E-state index contributed by atoms with van der Waals surface area (Å²) in [7, 11) is 1.78. The first-order valence-corrected chi connectivity index (χ1v) is 5.12. The Labute approximate surface area is 90.1 Å². The number of nitrogens with zero attached hydrogens (tertiary/aromatic N) is 2. The molecule has 1 aromatic rings. The normalized spacial score (nSPS) is 10.0. The molecule has 0 aliphatic heterocycles. The van der Waals surface area contributed by atoms with Crippen LogP contribution in [0.2, 0.25) is 0 Å². The van der Waals surface area contributed by atoms with Gasteiger partial charge in [0.05, 0.1) is 5.56 Å². The Morgan fingerprint density at radius 2 is 2.33 bits per heavy atom. The summed E-state index contributed by atoms with van der Waals surface area (Å²) in [6, 6.07) is 3.42. The van der Waals surface area contributed by atoms with Gasteiger partial charge < -0.3 is 10.6 Å². The first kappa shape index (κ1) is 11.5. The van der Waals surface area contributed by atoms with Crippen LogP contribution >= 0.6 is 0 Å². The van der Waals surface area contributed by atoms with Crippen molar-refractivity contribution in [2.45, 2.75) is 19.8 Å². The Bertz CT molecular complexity index is 338. The molecule has 0 fully saturated rings. The minimum atomic E-state index is -0.0611. The lowest BCUT2D eigenvalue weighted by Gasteiger charge is -2.17. The molecule has 82 valence electrons. The highest BCUT2D eigenvalue weighted by Crippen LogP contribution is 2.10. The van der Waals surface area contributed by atoms with E-state index in [9.17, 15) is 4.79 Å². The van der Waals surface area contributed by atoms with Crippen LogP contribution in [0.1, 0.15) is 30.1 Å². The third kappa shape index (κ3) is 2.94. The predicted octanol–water partition coefficient (Wildman–Crippen LogP) is 1.54. The number of carbonyl (C=O) groups excluding carboxylic acids is 1. The van der Waals surface area contributed by atoms with Crippen LogP contribution in [0, 0.1) is 0 Å². The molecule has 0 spiro atoms. The minimum absolute atomic E-state index is 0.0611. The van der Waals surface area contributed by atoms with Gasteiger partial charge in [0.2, 0.25) is 0 Å². The zero-order chi connectivity index (χ0) is 11.3. The number of nitrogens with two attached hydrogens (primary N) is 1. The number of pyridine rings is 1. The number of aromatic nitrogens is 1. The van der Waals surface area contributed by atoms with Crippen molar-refractivity contribution < 1.29 is 4.79 Å². The summed E-state index contributed by atoms with van der Waals surface area (Å²) in [5.74, 6) is 0.236. The van der Waals surface area contributed by atoms with Gasteiger partial charge in [-0.25, -0.2) is 4.98 Å². The minimum Gasteiger partial charge on any atom is -0.383 e. The quantitative estimate of drug-likeness (QED) is 0.814. The van der Waals surface area contributed by atoms with E-state index in [4.69, 9.17) is 5.73 Å². The summed E-state index contributed by atoms with van der Waals surface area (Å²) < 4.78 is 0. The standard InChI is InChI=1S/C11H17N3O/c1-3-4-8-14(2)11(15)9-6-5-7-13-10(9)12/h5-7H,3-4,8H2,1-2H3,(H2,12,13). The van der Waals surface area contributed by atoms with Crippen LogP contribution in [0.25, 0.3) is 0 Å². The first-order chi connectivity index (χ1) is 7.16. The summed E-state index contributed by atoms with van der Waals surface area (Å²) in [4.78, 5) is 17.4. The third-order valence-electron chi connectivity index (χ3n) is 2.26. The topological polar surface area (TPSA) is 59.2 Å². The van der Waals surface area contributed by atoms with Crippen LogP contribution < -0.4 is 5.73 Å². The molecule has 0 atom stereocenters. The number of amides is 1. The van der Waals surface area contributed by atoms with Gasteiger partial charge in [0.25, 0.3) is 5.91 Å². The van der Waals surface area contributed by atoms with Crippen molar-refractivity contribution in [3.63, 3.8) is 0 Å². The maximum atomic E-state index is 11.9. The molecule has 4 nitrogen and oxygen atoms in total. The fourth-order valence-electron chi connectivity index (χ4n) is 1.30. The maximum Gasteiger partial charge on any atom is 0.257 e. The van der Waals surface area contributed by atoms with Crippen molar-refractivity contribution in [3.05, 3.63) is 23.9 Å². The van der Waals surface area contributed by atoms with Gasteiger partial charge in [-0.15, -0.1) is 0 Å². The largest absolute Gasteiger partial charge is 0.383 e. The van der Waals surface area contributed by atoms with Crippen LogP contribution in [0.3, 0.4) is 0 Å². The number of carbonyl (C=O) groups is 1. The second-order valence-electron chi connectivity index (χ2n) is 3.52. The van der Waals surface area contributed by atoms with Gasteiger partial charge in [-0.05, 0) is 18.6 Å². The van der Waals surface area contributed by atoms with Crippen molar-refractivity contribution in [2.75, 3.05) is 19.3 Å². The number of anilines is 1. The Kier molecular flexibility index (Phi) is 4.09. The Morgan fingerprint density at radius 1 is 1.60 bits per heavy atom. The fourth-order valence-corrected chi connectivity index (χ4v) is 1.30. The van der Waals surface area contributed by atoms with Crippen molar-refractivity contribution in [2.24, 2.45) is 0 Å². The molecule has 1 aromatic heterocycles.